The summed E-state index contributed by atoms with van der Waals surface area (Å²) < 4.78 is 5.14. The molecule has 3 rings (SSSR count). The SMILES string of the molecule is CCOC(=O)C(C(C)=O)N1CCC(c2ccccc2)(c2ccccc2)CC1. The van der Waals surface area contributed by atoms with E-state index in [-0.39, 0.29) is 17.8 Å². The molecule has 1 atom stereocenters. The van der Waals surface area contributed by atoms with E-state index in [4.69, 9.17) is 4.74 Å². The molecule has 142 valence electrons. The van der Waals surface area contributed by atoms with Crippen molar-refractivity contribution in [3.8, 4) is 0 Å². The fourth-order valence-electron chi connectivity index (χ4n) is 4.22. The van der Waals surface area contributed by atoms with Crippen LogP contribution in [0.2, 0.25) is 0 Å². The van der Waals surface area contributed by atoms with E-state index in [1.54, 1.807) is 6.92 Å². The number of hydrogen-bond acceptors (Lipinski definition) is 4. The normalized spacial score (nSPS) is 17.9. The Morgan fingerprint density at radius 2 is 1.44 bits per heavy atom. The van der Waals surface area contributed by atoms with Gasteiger partial charge >= 0.3 is 5.97 Å². The van der Waals surface area contributed by atoms with E-state index in [0.717, 1.165) is 12.8 Å². The van der Waals surface area contributed by atoms with Crippen LogP contribution in [0.25, 0.3) is 0 Å². The molecular weight excluding hydrogens is 338 g/mol. The van der Waals surface area contributed by atoms with Gasteiger partial charge in [0.2, 0.25) is 0 Å². The van der Waals surface area contributed by atoms with Gasteiger partial charge in [-0.3, -0.25) is 9.69 Å². The number of esters is 1. The molecule has 0 aromatic heterocycles. The summed E-state index contributed by atoms with van der Waals surface area (Å²) in [5.41, 5.74) is 2.47. The molecule has 4 heteroatoms. The Bertz CT molecular complexity index is 723. The van der Waals surface area contributed by atoms with E-state index in [9.17, 15) is 9.59 Å². The molecule has 0 aliphatic carbocycles. The van der Waals surface area contributed by atoms with Crippen LogP contribution >= 0.6 is 0 Å². The maximum Gasteiger partial charge on any atom is 0.331 e. The first-order valence-electron chi connectivity index (χ1n) is 9.60. The summed E-state index contributed by atoms with van der Waals surface area (Å²) in [7, 11) is 0. The molecule has 0 saturated carbocycles. The quantitative estimate of drug-likeness (QED) is 0.580. The van der Waals surface area contributed by atoms with Gasteiger partial charge in [0.1, 0.15) is 0 Å². The Labute approximate surface area is 161 Å². The number of carbonyl (C=O) groups is 2. The number of Topliss-reactive ketones (excluding diaryl/α,β-unsaturated/α-hetero) is 1. The summed E-state index contributed by atoms with van der Waals surface area (Å²) in [4.78, 5) is 26.4. The number of likely N-dealkylation sites (tertiary alicyclic amines) is 1. The number of hydrogen-bond donors (Lipinski definition) is 0. The van der Waals surface area contributed by atoms with Gasteiger partial charge in [-0.2, -0.15) is 0 Å². The fourth-order valence-corrected chi connectivity index (χ4v) is 4.22. The van der Waals surface area contributed by atoms with E-state index >= 15 is 0 Å². The van der Waals surface area contributed by atoms with Crippen LogP contribution in [0.15, 0.2) is 60.7 Å². The number of rotatable bonds is 6. The van der Waals surface area contributed by atoms with E-state index in [1.165, 1.54) is 18.1 Å². The molecule has 0 amide bonds. The van der Waals surface area contributed by atoms with Crippen LogP contribution in [0.4, 0.5) is 0 Å². The monoisotopic (exact) mass is 365 g/mol. The van der Waals surface area contributed by atoms with Crippen LogP contribution in [-0.2, 0) is 19.7 Å². The topological polar surface area (TPSA) is 46.6 Å². The Hall–Kier alpha value is -2.46. The third-order valence-corrected chi connectivity index (χ3v) is 5.56. The molecule has 0 radical (unpaired) electrons. The fraction of sp³-hybridized carbons (Fsp3) is 0.391. The zero-order valence-electron chi connectivity index (χ0n) is 16.1. The predicted octanol–water partition coefficient (Wildman–Crippen LogP) is 3.59. The van der Waals surface area contributed by atoms with E-state index < -0.39 is 12.0 Å². The Morgan fingerprint density at radius 3 is 1.85 bits per heavy atom. The minimum atomic E-state index is -0.797. The zero-order chi connectivity index (χ0) is 19.3. The van der Waals surface area contributed by atoms with E-state index in [2.05, 4.69) is 48.5 Å². The Balaban J connectivity index is 1.88. The first-order valence-corrected chi connectivity index (χ1v) is 9.60. The lowest BCUT2D eigenvalue weighted by Gasteiger charge is -2.44. The molecule has 0 spiro atoms. The summed E-state index contributed by atoms with van der Waals surface area (Å²) in [6.45, 7) is 4.87. The molecule has 1 aliphatic heterocycles. The summed E-state index contributed by atoms with van der Waals surface area (Å²) in [5, 5.41) is 0. The van der Waals surface area contributed by atoms with Crippen molar-refractivity contribution in [1.82, 2.24) is 4.90 Å². The number of piperidine rings is 1. The van der Waals surface area contributed by atoms with Crippen LogP contribution in [-0.4, -0.2) is 42.4 Å². The van der Waals surface area contributed by atoms with Crippen molar-refractivity contribution in [2.75, 3.05) is 19.7 Å². The molecule has 4 nitrogen and oxygen atoms in total. The van der Waals surface area contributed by atoms with Crippen molar-refractivity contribution in [3.05, 3.63) is 71.8 Å². The highest BCUT2D eigenvalue weighted by atomic mass is 16.5. The number of nitrogens with zero attached hydrogens (tertiary/aromatic N) is 1. The Kier molecular flexibility index (Phi) is 6.07. The molecule has 2 aromatic rings. The van der Waals surface area contributed by atoms with Crippen molar-refractivity contribution in [2.45, 2.75) is 38.1 Å². The van der Waals surface area contributed by atoms with Crippen molar-refractivity contribution in [1.29, 1.82) is 0 Å². The molecular formula is C23H27NO3. The molecule has 0 N–H and O–H groups in total. The maximum absolute atomic E-state index is 12.3. The average molecular weight is 365 g/mol. The van der Waals surface area contributed by atoms with Crippen molar-refractivity contribution in [3.63, 3.8) is 0 Å². The van der Waals surface area contributed by atoms with Gasteiger partial charge in [0.05, 0.1) is 6.61 Å². The summed E-state index contributed by atoms with van der Waals surface area (Å²) in [6.07, 6.45) is 1.70. The Morgan fingerprint density at radius 1 is 0.963 bits per heavy atom. The minimum absolute atomic E-state index is 0.102. The average Bonchev–Trinajstić information content (AvgIpc) is 2.70. The summed E-state index contributed by atoms with van der Waals surface area (Å²) in [6, 6.07) is 20.3. The molecule has 1 saturated heterocycles. The molecule has 0 bridgehead atoms. The number of benzene rings is 2. The van der Waals surface area contributed by atoms with Crippen molar-refractivity contribution in [2.24, 2.45) is 0 Å². The summed E-state index contributed by atoms with van der Waals surface area (Å²) in [5.74, 6) is -0.586. The van der Waals surface area contributed by atoms with Gasteiger partial charge in [0.15, 0.2) is 11.8 Å². The van der Waals surface area contributed by atoms with Gasteiger partial charge in [-0.15, -0.1) is 0 Å². The van der Waals surface area contributed by atoms with Crippen LogP contribution in [0.3, 0.4) is 0 Å². The first-order chi connectivity index (χ1) is 13.1. The van der Waals surface area contributed by atoms with E-state index in [0.29, 0.717) is 13.1 Å². The van der Waals surface area contributed by atoms with Crippen LogP contribution in [0, 0.1) is 0 Å². The smallest absolute Gasteiger partial charge is 0.331 e. The van der Waals surface area contributed by atoms with Gasteiger partial charge in [-0.25, -0.2) is 4.79 Å². The lowest BCUT2D eigenvalue weighted by Crippen LogP contribution is -2.53. The van der Waals surface area contributed by atoms with Crippen LogP contribution in [0.5, 0.6) is 0 Å². The van der Waals surface area contributed by atoms with Crippen LogP contribution < -0.4 is 0 Å². The second-order valence-corrected chi connectivity index (χ2v) is 7.12. The third kappa shape index (κ3) is 3.96. The van der Waals surface area contributed by atoms with Gasteiger partial charge < -0.3 is 4.74 Å². The number of carbonyl (C=O) groups excluding carboxylic acids is 2. The lowest BCUT2D eigenvalue weighted by atomic mass is 9.68. The highest BCUT2D eigenvalue weighted by Crippen LogP contribution is 2.42. The number of ketones is 1. The molecule has 1 heterocycles. The zero-order valence-corrected chi connectivity index (χ0v) is 16.1. The van der Waals surface area contributed by atoms with Crippen molar-refractivity contribution >= 4 is 11.8 Å². The van der Waals surface area contributed by atoms with Gasteiger partial charge in [-0.1, -0.05) is 60.7 Å². The highest BCUT2D eigenvalue weighted by molar-refractivity contribution is 6.01. The second-order valence-electron chi connectivity index (χ2n) is 7.12. The van der Waals surface area contributed by atoms with Crippen molar-refractivity contribution < 1.29 is 14.3 Å². The largest absolute Gasteiger partial charge is 0.464 e. The van der Waals surface area contributed by atoms with Gasteiger partial charge in [0.25, 0.3) is 0 Å². The highest BCUT2D eigenvalue weighted by Gasteiger charge is 2.42. The van der Waals surface area contributed by atoms with Crippen LogP contribution in [0.1, 0.15) is 37.8 Å². The molecule has 27 heavy (non-hydrogen) atoms. The molecule has 1 aliphatic rings. The number of ether oxygens (including phenoxy) is 1. The van der Waals surface area contributed by atoms with Gasteiger partial charge in [-0.05, 0) is 37.8 Å². The molecule has 1 fully saturated rings. The predicted molar refractivity (Wildman–Crippen MR) is 106 cm³/mol. The minimum Gasteiger partial charge on any atom is -0.464 e. The standard InChI is InChI=1S/C23H27NO3/c1-3-27-22(26)21(18(2)25)24-16-14-23(15-17-24,19-10-6-4-7-11-19)20-12-8-5-9-13-20/h4-13,21H,3,14-17H2,1-2H3. The third-order valence-electron chi connectivity index (χ3n) is 5.56. The first kappa shape index (κ1) is 19.3. The van der Waals surface area contributed by atoms with E-state index in [1.807, 2.05) is 17.0 Å². The molecule has 2 aromatic carbocycles. The van der Waals surface area contributed by atoms with Gasteiger partial charge in [0, 0.05) is 18.5 Å². The maximum atomic E-state index is 12.3. The summed E-state index contributed by atoms with van der Waals surface area (Å²) >= 11 is 0. The second kappa shape index (κ2) is 8.49. The lowest BCUT2D eigenvalue weighted by molar-refractivity contribution is -0.153. The molecule has 1 unspecified atom stereocenters.